The summed E-state index contributed by atoms with van der Waals surface area (Å²) in [6, 6.07) is 8.11. The van der Waals surface area contributed by atoms with Crippen LogP contribution in [0.2, 0.25) is 0 Å². The lowest BCUT2D eigenvalue weighted by Crippen LogP contribution is -3.17. The molecule has 25 heavy (non-hydrogen) atoms. The van der Waals surface area contributed by atoms with Crippen molar-refractivity contribution >= 4 is 17.5 Å². The summed E-state index contributed by atoms with van der Waals surface area (Å²) in [5, 5.41) is 6.07. The molecule has 3 N–H and O–H groups in total. The van der Waals surface area contributed by atoms with E-state index in [1.807, 2.05) is 18.2 Å². The number of para-hydroxylation sites is 1. The Kier molecular flexibility index (Phi) is 6.08. The molecule has 2 amide bonds. The fraction of sp³-hybridized carbons (Fsp3) is 0.600. The molecule has 1 saturated heterocycles. The highest BCUT2D eigenvalue weighted by atomic mass is 16.2. The van der Waals surface area contributed by atoms with Crippen molar-refractivity contribution in [2.24, 2.45) is 0 Å². The maximum atomic E-state index is 12.6. The number of nitrogens with one attached hydrogen (secondary N) is 3. The number of quaternary nitrogens is 1. The minimum atomic E-state index is -0.0820. The number of likely N-dealkylation sites (tertiary alicyclic amines) is 1. The van der Waals surface area contributed by atoms with Crippen molar-refractivity contribution < 1.29 is 14.5 Å². The highest BCUT2D eigenvalue weighted by Gasteiger charge is 2.25. The van der Waals surface area contributed by atoms with Gasteiger partial charge in [0.25, 0.3) is 11.8 Å². The van der Waals surface area contributed by atoms with Crippen LogP contribution < -0.4 is 15.5 Å². The van der Waals surface area contributed by atoms with Gasteiger partial charge in [-0.3, -0.25) is 9.59 Å². The molecule has 1 heterocycles. The fourth-order valence-electron chi connectivity index (χ4n) is 4.04. The first-order valence-electron chi connectivity index (χ1n) is 9.68. The van der Waals surface area contributed by atoms with Crippen LogP contribution in [0.15, 0.2) is 24.3 Å². The predicted molar refractivity (Wildman–Crippen MR) is 98.8 cm³/mol. The van der Waals surface area contributed by atoms with Crippen molar-refractivity contribution in [1.82, 2.24) is 5.32 Å². The van der Waals surface area contributed by atoms with Crippen molar-refractivity contribution in [1.29, 1.82) is 0 Å². The lowest BCUT2D eigenvalue weighted by atomic mass is 10.0. The first kappa shape index (κ1) is 17.9. The SMILES string of the molecule is C[C@@H]1CCCC[NH+]1CC(=O)Nc1ccccc1C(=O)NC1CCCC1. The number of anilines is 1. The van der Waals surface area contributed by atoms with Gasteiger partial charge in [0.05, 0.1) is 23.8 Å². The zero-order valence-electron chi connectivity index (χ0n) is 15.1. The number of carbonyl (C=O) groups excluding carboxylic acids is 2. The summed E-state index contributed by atoms with van der Waals surface area (Å²) < 4.78 is 0. The molecule has 1 unspecified atom stereocenters. The maximum absolute atomic E-state index is 12.6. The Bertz CT molecular complexity index is 611. The van der Waals surface area contributed by atoms with Crippen molar-refractivity contribution in [3.05, 3.63) is 29.8 Å². The number of hydrogen-bond donors (Lipinski definition) is 3. The van der Waals surface area contributed by atoms with Gasteiger partial charge in [0.2, 0.25) is 0 Å². The molecule has 0 aromatic heterocycles. The van der Waals surface area contributed by atoms with Gasteiger partial charge in [0.15, 0.2) is 6.54 Å². The third kappa shape index (κ3) is 4.82. The lowest BCUT2D eigenvalue weighted by molar-refractivity contribution is -0.920. The molecule has 5 heteroatoms. The van der Waals surface area contributed by atoms with E-state index in [0.29, 0.717) is 23.8 Å². The smallest absolute Gasteiger partial charge is 0.279 e. The summed E-state index contributed by atoms with van der Waals surface area (Å²) in [5.74, 6) is -0.0913. The summed E-state index contributed by atoms with van der Waals surface area (Å²) >= 11 is 0. The summed E-state index contributed by atoms with van der Waals surface area (Å²) in [6.07, 6.45) is 8.10. The molecule has 1 aromatic rings. The van der Waals surface area contributed by atoms with E-state index in [1.54, 1.807) is 6.07 Å². The van der Waals surface area contributed by atoms with Crippen molar-refractivity contribution in [3.63, 3.8) is 0 Å². The van der Waals surface area contributed by atoms with E-state index in [-0.39, 0.29) is 17.9 Å². The van der Waals surface area contributed by atoms with Crippen molar-refractivity contribution in [2.75, 3.05) is 18.4 Å². The highest BCUT2D eigenvalue weighted by Crippen LogP contribution is 2.20. The average Bonchev–Trinajstić information content (AvgIpc) is 3.10. The average molecular weight is 344 g/mol. The van der Waals surface area contributed by atoms with E-state index in [9.17, 15) is 9.59 Å². The van der Waals surface area contributed by atoms with Crippen LogP contribution in [-0.2, 0) is 4.79 Å². The van der Waals surface area contributed by atoms with Crippen LogP contribution in [-0.4, -0.2) is 37.0 Å². The van der Waals surface area contributed by atoms with Gasteiger partial charge < -0.3 is 15.5 Å². The molecule has 1 aliphatic heterocycles. The molecule has 1 saturated carbocycles. The van der Waals surface area contributed by atoms with Crippen LogP contribution >= 0.6 is 0 Å². The van der Waals surface area contributed by atoms with Gasteiger partial charge in [-0.2, -0.15) is 0 Å². The molecule has 2 fully saturated rings. The van der Waals surface area contributed by atoms with E-state index in [0.717, 1.165) is 19.4 Å². The van der Waals surface area contributed by atoms with Crippen molar-refractivity contribution in [2.45, 2.75) is 64.0 Å². The molecule has 0 bridgehead atoms. The number of amides is 2. The topological polar surface area (TPSA) is 62.6 Å². The second-order valence-electron chi connectivity index (χ2n) is 7.53. The second kappa shape index (κ2) is 8.48. The van der Waals surface area contributed by atoms with Gasteiger partial charge in [0, 0.05) is 6.04 Å². The highest BCUT2D eigenvalue weighted by molar-refractivity contribution is 6.04. The summed E-state index contributed by atoms with van der Waals surface area (Å²) in [6.45, 7) is 3.74. The first-order chi connectivity index (χ1) is 12.1. The van der Waals surface area contributed by atoms with E-state index < -0.39 is 0 Å². The number of benzene rings is 1. The zero-order chi connectivity index (χ0) is 17.6. The molecule has 136 valence electrons. The zero-order valence-corrected chi connectivity index (χ0v) is 15.1. The van der Waals surface area contributed by atoms with Gasteiger partial charge in [-0.25, -0.2) is 0 Å². The van der Waals surface area contributed by atoms with Gasteiger partial charge in [-0.1, -0.05) is 25.0 Å². The van der Waals surface area contributed by atoms with Crippen LogP contribution in [0.25, 0.3) is 0 Å². The molecule has 1 aromatic carbocycles. The molecule has 0 radical (unpaired) electrons. The minimum Gasteiger partial charge on any atom is -0.349 e. The number of piperidine rings is 1. The lowest BCUT2D eigenvalue weighted by Gasteiger charge is -2.29. The third-order valence-corrected chi connectivity index (χ3v) is 5.61. The number of rotatable bonds is 5. The Hall–Kier alpha value is -1.88. The Morgan fingerprint density at radius 1 is 1.08 bits per heavy atom. The predicted octanol–water partition coefficient (Wildman–Crippen LogP) is 1.75. The quantitative estimate of drug-likeness (QED) is 0.762. The number of carbonyl (C=O) groups is 2. The largest absolute Gasteiger partial charge is 0.349 e. The monoisotopic (exact) mass is 344 g/mol. The Morgan fingerprint density at radius 3 is 2.56 bits per heavy atom. The molecule has 1 aliphatic carbocycles. The Morgan fingerprint density at radius 2 is 1.80 bits per heavy atom. The molecule has 2 atom stereocenters. The van der Waals surface area contributed by atoms with Gasteiger partial charge in [-0.15, -0.1) is 0 Å². The molecule has 2 aliphatic rings. The van der Waals surface area contributed by atoms with E-state index in [1.165, 1.54) is 37.0 Å². The van der Waals surface area contributed by atoms with Crippen LogP contribution in [0.5, 0.6) is 0 Å². The minimum absolute atomic E-state index is 0.00938. The normalized spacial score (nSPS) is 24.0. The molecule has 3 rings (SSSR count). The summed E-state index contributed by atoms with van der Waals surface area (Å²) in [7, 11) is 0. The first-order valence-corrected chi connectivity index (χ1v) is 9.68. The molecular weight excluding hydrogens is 314 g/mol. The van der Waals surface area contributed by atoms with E-state index in [4.69, 9.17) is 0 Å². The van der Waals surface area contributed by atoms with E-state index >= 15 is 0 Å². The standard InChI is InChI=1S/C20H29N3O2/c1-15-8-6-7-13-23(15)14-19(24)22-18-12-5-4-11-17(18)20(25)21-16-9-2-3-10-16/h4-5,11-12,15-16H,2-3,6-10,13-14H2,1H3,(H,21,25)(H,22,24)/p+1/t15-/m1/s1. The van der Waals surface area contributed by atoms with E-state index in [2.05, 4.69) is 17.6 Å². The summed E-state index contributed by atoms with van der Waals surface area (Å²) in [5.41, 5.74) is 1.18. The van der Waals surface area contributed by atoms with Crippen LogP contribution in [0.3, 0.4) is 0 Å². The number of hydrogen-bond acceptors (Lipinski definition) is 2. The van der Waals surface area contributed by atoms with Crippen LogP contribution in [0.4, 0.5) is 5.69 Å². The molecule has 5 nitrogen and oxygen atoms in total. The third-order valence-electron chi connectivity index (χ3n) is 5.61. The van der Waals surface area contributed by atoms with Crippen molar-refractivity contribution in [3.8, 4) is 0 Å². The fourth-order valence-corrected chi connectivity index (χ4v) is 4.04. The Balaban J connectivity index is 1.61. The molecule has 0 spiro atoms. The Labute approximate surface area is 150 Å². The maximum Gasteiger partial charge on any atom is 0.279 e. The van der Waals surface area contributed by atoms with Gasteiger partial charge in [0.1, 0.15) is 0 Å². The van der Waals surface area contributed by atoms with Gasteiger partial charge >= 0.3 is 0 Å². The van der Waals surface area contributed by atoms with Crippen LogP contribution in [0.1, 0.15) is 62.2 Å². The van der Waals surface area contributed by atoms with Crippen LogP contribution in [0, 0.1) is 0 Å². The summed E-state index contributed by atoms with van der Waals surface area (Å²) in [4.78, 5) is 26.4. The second-order valence-corrected chi connectivity index (χ2v) is 7.53. The van der Waals surface area contributed by atoms with Gasteiger partial charge in [-0.05, 0) is 51.2 Å². The molecular formula is C20H30N3O2+.